The van der Waals surface area contributed by atoms with Gasteiger partial charge in [0.1, 0.15) is 6.61 Å². The molecule has 0 aromatic heterocycles. The van der Waals surface area contributed by atoms with Crippen LogP contribution in [0.25, 0.3) is 0 Å². The Hall–Kier alpha value is -3.02. The molecule has 0 aliphatic carbocycles. The highest BCUT2D eigenvalue weighted by atomic mass is 16.6. The minimum absolute atomic E-state index is 0.192. The summed E-state index contributed by atoms with van der Waals surface area (Å²) in [6.45, 7) is 4.99. The number of hydrogen-bond acceptors (Lipinski definition) is 9. The third-order valence-electron chi connectivity index (χ3n) is 4.87. The second-order valence-corrected chi connectivity index (χ2v) is 7.85. The van der Waals surface area contributed by atoms with E-state index in [1.807, 2.05) is 30.5 Å². The van der Waals surface area contributed by atoms with Crippen LogP contribution >= 0.6 is 0 Å². The van der Waals surface area contributed by atoms with Crippen molar-refractivity contribution < 1.29 is 33.3 Å². The van der Waals surface area contributed by atoms with Crippen LogP contribution in [0.5, 0.6) is 0 Å². The fourth-order valence-electron chi connectivity index (χ4n) is 2.89. The molecular weight excluding hydrogens is 480 g/mol. The van der Waals surface area contributed by atoms with Crippen molar-refractivity contribution in [3.05, 3.63) is 35.4 Å². The van der Waals surface area contributed by atoms with Gasteiger partial charge in [-0.1, -0.05) is 37.1 Å². The van der Waals surface area contributed by atoms with Crippen LogP contribution in [0.1, 0.15) is 36.8 Å². The molecule has 1 aromatic rings. The first-order valence-electron chi connectivity index (χ1n) is 12.6. The highest BCUT2D eigenvalue weighted by Crippen LogP contribution is 2.01. The van der Waals surface area contributed by atoms with Gasteiger partial charge in [0.15, 0.2) is 0 Å². The number of unbranched alkanes of at least 4 members (excludes halogenated alkanes) is 3. The molecule has 0 saturated carbocycles. The molecule has 0 saturated heterocycles. The number of methoxy groups -OCH3 is 2. The van der Waals surface area contributed by atoms with Crippen molar-refractivity contribution in [1.82, 2.24) is 10.6 Å². The van der Waals surface area contributed by atoms with Gasteiger partial charge >= 0.3 is 12.2 Å². The van der Waals surface area contributed by atoms with E-state index < -0.39 is 12.2 Å². The van der Waals surface area contributed by atoms with Gasteiger partial charge < -0.3 is 34.3 Å². The molecule has 2 N–H and O–H groups in total. The molecule has 0 radical (unpaired) electrons. The van der Waals surface area contributed by atoms with Gasteiger partial charge in [-0.15, -0.1) is 0 Å². The zero-order chi connectivity index (χ0) is 26.8. The van der Waals surface area contributed by atoms with Crippen LogP contribution in [0.15, 0.2) is 34.3 Å². The van der Waals surface area contributed by atoms with Gasteiger partial charge in [0.25, 0.3) is 0 Å². The summed E-state index contributed by atoms with van der Waals surface area (Å²) in [4.78, 5) is 31.2. The highest BCUT2D eigenvalue weighted by molar-refractivity contribution is 5.84. The molecule has 37 heavy (non-hydrogen) atoms. The van der Waals surface area contributed by atoms with E-state index in [4.69, 9.17) is 18.9 Å². The molecule has 11 nitrogen and oxygen atoms in total. The molecule has 0 aliphatic rings. The van der Waals surface area contributed by atoms with Gasteiger partial charge in [0.2, 0.25) is 0 Å². The molecule has 1 rings (SSSR count). The van der Waals surface area contributed by atoms with E-state index >= 15 is 0 Å². The lowest BCUT2D eigenvalue weighted by Gasteiger charge is -2.07. The fourth-order valence-corrected chi connectivity index (χ4v) is 2.89. The van der Waals surface area contributed by atoms with Crippen LogP contribution in [-0.2, 0) is 23.7 Å². The lowest BCUT2D eigenvalue weighted by Crippen LogP contribution is -2.26. The zero-order valence-electron chi connectivity index (χ0n) is 22.1. The average Bonchev–Trinajstić information content (AvgIpc) is 2.91. The Bertz CT molecular complexity index is 773. The van der Waals surface area contributed by atoms with Gasteiger partial charge in [-0.2, -0.15) is 0 Å². The van der Waals surface area contributed by atoms with Crippen molar-refractivity contribution in [2.75, 3.05) is 80.0 Å². The summed E-state index contributed by atoms with van der Waals surface area (Å²) in [5.41, 5.74) is 2.02. The maximum absolute atomic E-state index is 11.6. The van der Waals surface area contributed by atoms with Crippen LogP contribution in [0, 0.1) is 0 Å². The summed E-state index contributed by atoms with van der Waals surface area (Å²) in [5, 5.41) is 5.34. The van der Waals surface area contributed by atoms with E-state index in [-0.39, 0.29) is 6.61 Å². The number of carbonyl (C=O) groups is 2. The maximum atomic E-state index is 11.6. The van der Waals surface area contributed by atoms with Gasteiger partial charge in [-0.05, 0) is 24.0 Å². The molecular formula is C26H42N4O7. The van der Waals surface area contributed by atoms with Crippen molar-refractivity contribution in [3.63, 3.8) is 0 Å². The first kappa shape index (κ1) is 32.0. The third-order valence-corrected chi connectivity index (χ3v) is 4.87. The van der Waals surface area contributed by atoms with Crippen LogP contribution in [0.3, 0.4) is 0 Å². The minimum Gasteiger partial charge on any atom is -0.453 e. The van der Waals surface area contributed by atoms with E-state index in [0.717, 1.165) is 36.8 Å². The predicted octanol–water partition coefficient (Wildman–Crippen LogP) is 2.85. The largest absolute Gasteiger partial charge is 0.453 e. The molecule has 0 spiro atoms. The first-order valence-corrected chi connectivity index (χ1v) is 12.6. The Morgan fingerprint density at radius 1 is 0.703 bits per heavy atom. The summed E-state index contributed by atoms with van der Waals surface area (Å²) in [5.74, 6) is 0. The number of amides is 2. The molecule has 1 aromatic carbocycles. The molecule has 0 aliphatic heterocycles. The minimum atomic E-state index is -0.446. The monoisotopic (exact) mass is 522 g/mol. The summed E-state index contributed by atoms with van der Waals surface area (Å²) in [6.07, 6.45) is 6.40. The summed E-state index contributed by atoms with van der Waals surface area (Å²) in [6, 6.07) is 7.94. The zero-order valence-corrected chi connectivity index (χ0v) is 22.1. The SMILES string of the molecule is COCCOCCN=Cc1ccc(C=NCCOCCOC(=O)NCCCCCCNC(=O)OC)cc1. The number of nitrogens with one attached hydrogen (secondary N) is 2. The summed E-state index contributed by atoms with van der Waals surface area (Å²) in [7, 11) is 2.99. The number of carbonyl (C=O) groups excluding carboxylic acids is 2. The smallest absolute Gasteiger partial charge is 0.407 e. The molecule has 0 unspecified atom stereocenters. The average molecular weight is 523 g/mol. The Balaban J connectivity index is 1.96. The van der Waals surface area contributed by atoms with E-state index in [2.05, 4.69) is 25.4 Å². The predicted molar refractivity (Wildman–Crippen MR) is 143 cm³/mol. The Morgan fingerprint density at radius 3 is 1.73 bits per heavy atom. The number of rotatable bonds is 21. The second kappa shape index (κ2) is 23.4. The van der Waals surface area contributed by atoms with Crippen LogP contribution in [0.2, 0.25) is 0 Å². The standard InChI is InChI=1S/C26H42N4O7/c1-33-17-18-35-15-13-27-21-23-7-9-24(10-8-23)22-28-14-16-36-19-20-37-26(32)30-12-6-4-3-5-11-29-25(31)34-2/h7-10,21-22H,3-6,11-20H2,1-2H3,(H,29,31)(H,30,32). The summed E-state index contributed by atoms with van der Waals surface area (Å²) >= 11 is 0. The van der Waals surface area contributed by atoms with E-state index in [0.29, 0.717) is 59.2 Å². The van der Waals surface area contributed by atoms with Gasteiger partial charge in [0.05, 0.1) is 53.2 Å². The molecule has 2 amide bonds. The second-order valence-electron chi connectivity index (χ2n) is 7.85. The van der Waals surface area contributed by atoms with Crippen LogP contribution < -0.4 is 10.6 Å². The van der Waals surface area contributed by atoms with E-state index in [1.54, 1.807) is 13.3 Å². The van der Waals surface area contributed by atoms with Crippen LogP contribution in [-0.4, -0.2) is 105 Å². The van der Waals surface area contributed by atoms with Crippen molar-refractivity contribution in [3.8, 4) is 0 Å². The van der Waals surface area contributed by atoms with Crippen molar-refractivity contribution >= 4 is 24.6 Å². The Morgan fingerprint density at radius 2 is 1.22 bits per heavy atom. The van der Waals surface area contributed by atoms with E-state index in [1.165, 1.54) is 7.11 Å². The normalized spacial score (nSPS) is 11.2. The molecule has 11 heteroatoms. The van der Waals surface area contributed by atoms with Gasteiger partial charge in [-0.25, -0.2) is 9.59 Å². The van der Waals surface area contributed by atoms with Crippen molar-refractivity contribution in [1.29, 1.82) is 0 Å². The van der Waals surface area contributed by atoms with Gasteiger partial charge in [0, 0.05) is 32.6 Å². The molecule has 0 bridgehead atoms. The van der Waals surface area contributed by atoms with Gasteiger partial charge in [-0.3, -0.25) is 9.98 Å². The van der Waals surface area contributed by atoms with Crippen molar-refractivity contribution in [2.24, 2.45) is 9.98 Å². The molecule has 208 valence electrons. The molecule has 0 atom stereocenters. The number of nitrogens with zero attached hydrogens (tertiary/aromatic N) is 2. The molecule has 0 fully saturated rings. The topological polar surface area (TPSA) is 129 Å². The number of aliphatic imine (C=N–C) groups is 2. The number of alkyl carbamates (subject to hydrolysis) is 2. The number of hydrogen-bond donors (Lipinski definition) is 2. The van der Waals surface area contributed by atoms with Crippen molar-refractivity contribution in [2.45, 2.75) is 25.7 Å². The Labute approximate surface area is 220 Å². The maximum Gasteiger partial charge on any atom is 0.407 e. The molecule has 0 heterocycles. The first-order chi connectivity index (χ1) is 18.2. The number of benzene rings is 1. The summed E-state index contributed by atoms with van der Waals surface area (Å²) < 4.78 is 25.3. The third kappa shape index (κ3) is 19.8. The fraction of sp³-hybridized carbons (Fsp3) is 0.615. The van der Waals surface area contributed by atoms with Crippen LogP contribution in [0.4, 0.5) is 9.59 Å². The van der Waals surface area contributed by atoms with E-state index in [9.17, 15) is 9.59 Å². The number of ether oxygens (including phenoxy) is 5. The lowest BCUT2D eigenvalue weighted by atomic mass is 10.1. The highest BCUT2D eigenvalue weighted by Gasteiger charge is 2.01. The quantitative estimate of drug-likeness (QED) is 0.188. The Kier molecular flexibility index (Phi) is 20.2. The lowest BCUT2D eigenvalue weighted by molar-refractivity contribution is 0.0749.